The van der Waals surface area contributed by atoms with E-state index in [4.69, 9.17) is 29.7 Å². The average Bonchev–Trinajstić information content (AvgIpc) is 3.04. The molecule has 1 heterocycles. The molecule has 0 aliphatic rings. The highest BCUT2D eigenvalue weighted by molar-refractivity contribution is 8.02. The van der Waals surface area contributed by atoms with Crippen molar-refractivity contribution in [1.82, 2.24) is 15.0 Å². The summed E-state index contributed by atoms with van der Waals surface area (Å²) >= 11 is 3.52. The van der Waals surface area contributed by atoms with E-state index in [1.165, 1.54) is 38.5 Å². The number of phenols is 2. The van der Waals surface area contributed by atoms with Crippen LogP contribution in [0.5, 0.6) is 35.0 Å². The molecule has 2 aromatic carbocycles. The second-order valence-electron chi connectivity index (χ2n) is 18.3. The maximum Gasteiger partial charge on any atom is 0.329 e. The summed E-state index contributed by atoms with van der Waals surface area (Å²) in [7, 11) is 0. The van der Waals surface area contributed by atoms with Crippen LogP contribution in [0.4, 0.5) is 0 Å². The summed E-state index contributed by atoms with van der Waals surface area (Å²) in [6, 6.07) is 7.71. The lowest BCUT2D eigenvalue weighted by molar-refractivity contribution is -0.147. The molecule has 0 aliphatic heterocycles. The van der Waals surface area contributed by atoms with Gasteiger partial charge < -0.3 is 29.9 Å². The molecule has 0 radical (unpaired) electrons. The van der Waals surface area contributed by atoms with Crippen molar-refractivity contribution in [2.45, 2.75) is 162 Å². The number of unbranched alkanes of at least 4 members (excludes halogenated alkanes) is 5. The number of carboxylic acids is 2. The van der Waals surface area contributed by atoms with Crippen molar-refractivity contribution in [2.75, 3.05) is 17.3 Å². The first kappa shape index (κ1) is 49.4. The van der Waals surface area contributed by atoms with Crippen LogP contribution in [0, 0.1) is 0 Å². The van der Waals surface area contributed by atoms with E-state index < -0.39 is 18.4 Å². The minimum atomic E-state index is -1.31. The number of aromatic nitrogens is 3. The summed E-state index contributed by atoms with van der Waals surface area (Å²) in [5, 5.41) is 38.5. The second-order valence-corrected chi connectivity index (χ2v) is 20.6. The molecule has 318 valence electrons. The van der Waals surface area contributed by atoms with Crippen molar-refractivity contribution >= 4 is 35.5 Å². The van der Waals surface area contributed by atoms with Crippen LogP contribution in [-0.2, 0) is 31.2 Å². The Kier molecular flexibility index (Phi) is 18.5. The van der Waals surface area contributed by atoms with E-state index in [-0.39, 0.29) is 45.2 Å². The van der Waals surface area contributed by atoms with Crippen LogP contribution < -0.4 is 9.47 Å². The molecule has 0 aliphatic carbocycles. The zero-order chi connectivity index (χ0) is 43.4. The summed E-state index contributed by atoms with van der Waals surface area (Å²) < 4.78 is 12.8. The van der Waals surface area contributed by atoms with Crippen molar-refractivity contribution in [2.24, 2.45) is 0 Å². The largest absolute Gasteiger partial charge is 0.507 e. The quantitative estimate of drug-likeness (QED) is 0.0576. The van der Waals surface area contributed by atoms with Crippen LogP contribution in [0.25, 0.3) is 0 Å². The van der Waals surface area contributed by atoms with Crippen LogP contribution in [-0.4, -0.2) is 64.6 Å². The Morgan fingerprint density at radius 3 is 1.26 bits per heavy atom. The highest BCUT2D eigenvalue weighted by Crippen LogP contribution is 2.44. The Labute approximate surface area is 349 Å². The molecule has 0 spiro atoms. The number of nitrogens with zero attached hydrogens (tertiary/aromatic N) is 3. The summed E-state index contributed by atoms with van der Waals surface area (Å²) in [5.41, 5.74) is 1.87. The number of phenolic OH excluding ortho intramolecular Hbond substituents is 2. The van der Waals surface area contributed by atoms with Crippen LogP contribution in [0.3, 0.4) is 0 Å². The van der Waals surface area contributed by atoms with Gasteiger partial charge in [0.25, 0.3) is 0 Å². The lowest BCUT2D eigenvalue weighted by Crippen LogP contribution is -2.17. The lowest BCUT2D eigenvalue weighted by Gasteiger charge is -2.28. The fraction of sp³-hybridized carbons (Fsp3) is 0.614. The zero-order valence-electron chi connectivity index (χ0n) is 36.5. The molecule has 1 aromatic heterocycles. The molecule has 4 N–H and O–H groups in total. The van der Waals surface area contributed by atoms with Crippen molar-refractivity contribution in [3.8, 4) is 35.0 Å². The fourth-order valence-electron chi connectivity index (χ4n) is 5.72. The summed E-state index contributed by atoms with van der Waals surface area (Å²) in [6.07, 6.45) is 7.01. The van der Waals surface area contributed by atoms with Gasteiger partial charge in [-0.25, -0.2) is 0 Å². The summed E-state index contributed by atoms with van der Waals surface area (Å²) in [4.78, 5) is 32.9. The first-order chi connectivity index (χ1) is 26.2. The molecular weight excluding hydrogens is 763 g/mol. The Morgan fingerprint density at radius 2 is 0.930 bits per heavy atom. The SMILES string of the molecule is CCCCCCCCSCCSc1nc(Oc2cc(C(C)(C)C)c(O)c(C(C)(C)C)c2)nc(Oc2cc(C(C)(C)C)c(O)c(C(C)(C)C)c2)n1.O=C(O)CC(=O)O. The standard InChI is InChI=1S/C41H63N3O4S2.C3H4O4/c1-14-15-16-17-18-19-20-49-21-22-50-37-43-35(47-27-23-29(38(2,3)4)33(45)30(24-27)39(5,6)7)42-36(44-37)48-28-25-31(40(8,9)10)34(46)32(26-28)41(11,12)13;4-2(5)1-3(6)7/h23-26,45-46H,14-22H2,1-13H3;1H2,(H,4,5)(H,6,7). The minimum absolute atomic E-state index is 0.119. The molecule has 3 aromatic rings. The summed E-state index contributed by atoms with van der Waals surface area (Å²) in [6.45, 7) is 27.1. The molecular formula is C44H67N3O8S2. The Balaban J connectivity index is 0.00000146. The van der Waals surface area contributed by atoms with Gasteiger partial charge >= 0.3 is 24.0 Å². The first-order valence-corrected chi connectivity index (χ1v) is 21.9. The normalized spacial score (nSPS) is 12.2. The average molecular weight is 830 g/mol. The third-order valence-corrected chi connectivity index (χ3v) is 11.0. The van der Waals surface area contributed by atoms with Gasteiger partial charge in [0.1, 0.15) is 29.4 Å². The number of carboxylic acid groups (broad SMARTS) is 2. The molecule has 0 fully saturated rings. The van der Waals surface area contributed by atoms with Gasteiger partial charge in [0.15, 0.2) is 5.16 Å². The van der Waals surface area contributed by atoms with E-state index >= 15 is 0 Å². The van der Waals surface area contributed by atoms with E-state index in [0.29, 0.717) is 16.7 Å². The molecule has 0 unspecified atom stereocenters. The number of thioether (sulfide) groups is 2. The van der Waals surface area contributed by atoms with Crippen LogP contribution in [0.1, 0.15) is 157 Å². The van der Waals surface area contributed by atoms with Gasteiger partial charge in [-0.15, -0.1) is 4.98 Å². The van der Waals surface area contributed by atoms with E-state index in [1.54, 1.807) is 11.8 Å². The van der Waals surface area contributed by atoms with E-state index in [0.717, 1.165) is 39.5 Å². The third kappa shape index (κ3) is 17.0. The lowest BCUT2D eigenvalue weighted by atomic mass is 9.79. The van der Waals surface area contributed by atoms with Gasteiger partial charge in [0, 0.05) is 33.8 Å². The minimum Gasteiger partial charge on any atom is -0.507 e. The maximum absolute atomic E-state index is 11.3. The number of aliphatic carboxylic acids is 2. The van der Waals surface area contributed by atoms with Gasteiger partial charge in [0.05, 0.1) is 0 Å². The predicted octanol–water partition coefficient (Wildman–Crippen LogP) is 11.8. The third-order valence-electron chi connectivity index (χ3n) is 8.79. The fourth-order valence-corrected chi connectivity index (χ4v) is 7.60. The Morgan fingerprint density at radius 1 is 0.561 bits per heavy atom. The van der Waals surface area contributed by atoms with Crippen molar-refractivity contribution in [1.29, 1.82) is 0 Å². The van der Waals surface area contributed by atoms with Gasteiger partial charge in [-0.3, -0.25) is 9.59 Å². The van der Waals surface area contributed by atoms with E-state index in [1.807, 2.05) is 36.0 Å². The number of benzene rings is 2. The first-order valence-electron chi connectivity index (χ1n) is 19.8. The van der Waals surface area contributed by atoms with Crippen molar-refractivity contribution in [3.63, 3.8) is 0 Å². The number of ether oxygens (including phenoxy) is 2. The van der Waals surface area contributed by atoms with Crippen LogP contribution in [0.2, 0.25) is 0 Å². The number of hydrogen-bond acceptors (Lipinski definition) is 11. The molecule has 0 saturated carbocycles. The van der Waals surface area contributed by atoms with E-state index in [2.05, 4.69) is 95.0 Å². The molecule has 13 heteroatoms. The van der Waals surface area contributed by atoms with Crippen molar-refractivity contribution < 1.29 is 39.5 Å². The number of hydrogen-bond donors (Lipinski definition) is 4. The van der Waals surface area contributed by atoms with Crippen LogP contribution in [0.15, 0.2) is 29.4 Å². The van der Waals surface area contributed by atoms with Gasteiger partial charge in [-0.1, -0.05) is 134 Å². The van der Waals surface area contributed by atoms with Gasteiger partial charge in [-0.2, -0.15) is 21.7 Å². The molecule has 3 rings (SSSR count). The maximum atomic E-state index is 11.3. The van der Waals surface area contributed by atoms with Gasteiger partial charge in [-0.05, 0) is 58.1 Å². The van der Waals surface area contributed by atoms with E-state index in [9.17, 15) is 19.8 Å². The number of carbonyl (C=O) groups is 2. The van der Waals surface area contributed by atoms with Crippen molar-refractivity contribution in [3.05, 3.63) is 46.5 Å². The Bertz CT molecular complexity index is 1600. The second kappa shape index (κ2) is 21.3. The monoisotopic (exact) mass is 829 g/mol. The highest BCUT2D eigenvalue weighted by Gasteiger charge is 2.29. The number of rotatable bonds is 17. The highest BCUT2D eigenvalue weighted by atomic mass is 32.2. The molecule has 0 amide bonds. The number of aromatic hydroxyl groups is 2. The zero-order valence-corrected chi connectivity index (χ0v) is 38.1. The molecule has 0 atom stereocenters. The molecule has 11 nitrogen and oxygen atoms in total. The smallest absolute Gasteiger partial charge is 0.329 e. The van der Waals surface area contributed by atoms with Crippen LogP contribution >= 0.6 is 23.5 Å². The topological polar surface area (TPSA) is 172 Å². The summed E-state index contributed by atoms with van der Waals surface area (Å²) in [5.74, 6) is 2.00. The molecule has 0 bridgehead atoms. The molecule has 0 saturated heterocycles. The predicted molar refractivity (Wildman–Crippen MR) is 232 cm³/mol. The molecule has 57 heavy (non-hydrogen) atoms. The van der Waals surface area contributed by atoms with Gasteiger partial charge in [0.2, 0.25) is 0 Å². The Hall–Kier alpha value is -3.71.